The molecule has 0 saturated carbocycles. The molecular weight excluding hydrogens is 170 g/mol. The minimum atomic E-state index is 0.607. The third-order valence-electron chi connectivity index (χ3n) is 2.70. The van der Waals surface area contributed by atoms with Crippen LogP contribution in [0.25, 0.3) is 6.08 Å². The van der Waals surface area contributed by atoms with Crippen LogP contribution in [0, 0.1) is 0 Å². The van der Waals surface area contributed by atoms with Crippen molar-refractivity contribution in [3.63, 3.8) is 0 Å². The summed E-state index contributed by atoms with van der Waals surface area (Å²) in [6.45, 7) is 7.61. The lowest BCUT2D eigenvalue weighted by molar-refractivity contribution is 0.866. The topological polar surface area (TPSA) is 12.0 Å². The molecule has 0 amide bonds. The molecule has 1 heteroatoms. The Balaban J connectivity index is 2.44. The smallest absolute Gasteiger partial charge is 0.0416 e. The number of rotatable bonds is 1. The van der Waals surface area contributed by atoms with E-state index in [-0.39, 0.29) is 0 Å². The second-order valence-corrected chi connectivity index (χ2v) is 4.35. The van der Waals surface area contributed by atoms with Crippen LogP contribution in [0.5, 0.6) is 0 Å². The Morgan fingerprint density at radius 2 is 2.07 bits per heavy atom. The molecule has 0 saturated heterocycles. The van der Waals surface area contributed by atoms with Crippen LogP contribution in [0.1, 0.15) is 37.8 Å². The summed E-state index contributed by atoms with van der Waals surface area (Å²) in [6.07, 6.45) is 2.28. The van der Waals surface area contributed by atoms with Gasteiger partial charge in [-0.2, -0.15) is 0 Å². The molecule has 0 atom stereocenters. The van der Waals surface area contributed by atoms with Crippen molar-refractivity contribution in [1.82, 2.24) is 0 Å². The molecule has 74 valence electrons. The fourth-order valence-electron chi connectivity index (χ4n) is 1.77. The lowest BCUT2D eigenvalue weighted by Crippen LogP contribution is -2.08. The van der Waals surface area contributed by atoms with Gasteiger partial charge >= 0.3 is 0 Å². The highest BCUT2D eigenvalue weighted by molar-refractivity contribution is 5.72. The van der Waals surface area contributed by atoms with Gasteiger partial charge in [0.2, 0.25) is 0 Å². The first-order valence-electron chi connectivity index (χ1n) is 5.22. The van der Waals surface area contributed by atoms with E-state index in [0.29, 0.717) is 5.92 Å². The second kappa shape index (κ2) is 3.49. The van der Waals surface area contributed by atoms with E-state index in [9.17, 15) is 0 Å². The Morgan fingerprint density at radius 3 is 2.79 bits per heavy atom. The number of fused-ring (bicyclic) bond motifs is 1. The molecule has 1 nitrogen and oxygen atoms in total. The van der Waals surface area contributed by atoms with Crippen molar-refractivity contribution in [2.24, 2.45) is 0 Å². The van der Waals surface area contributed by atoms with Gasteiger partial charge in [0.1, 0.15) is 0 Å². The summed E-state index contributed by atoms with van der Waals surface area (Å²) >= 11 is 0. The monoisotopic (exact) mass is 187 g/mol. The van der Waals surface area contributed by atoms with Crippen LogP contribution in [0.2, 0.25) is 0 Å². The predicted octanol–water partition coefficient (Wildman–Crippen LogP) is 3.64. The molecular formula is C13H17N. The van der Waals surface area contributed by atoms with Crippen molar-refractivity contribution in [2.75, 3.05) is 11.9 Å². The largest absolute Gasteiger partial charge is 0.381 e. The number of hydrogen-bond donors (Lipinski definition) is 1. The Morgan fingerprint density at radius 1 is 1.29 bits per heavy atom. The van der Waals surface area contributed by atoms with E-state index < -0.39 is 0 Å². The van der Waals surface area contributed by atoms with Crippen molar-refractivity contribution in [2.45, 2.75) is 26.7 Å². The minimum absolute atomic E-state index is 0.607. The van der Waals surface area contributed by atoms with Gasteiger partial charge < -0.3 is 5.32 Å². The normalized spacial score (nSPS) is 14.7. The van der Waals surface area contributed by atoms with Crippen molar-refractivity contribution >= 4 is 11.8 Å². The highest BCUT2D eigenvalue weighted by Crippen LogP contribution is 2.27. The van der Waals surface area contributed by atoms with Gasteiger partial charge in [-0.25, -0.2) is 0 Å². The average molecular weight is 187 g/mol. The van der Waals surface area contributed by atoms with Crippen LogP contribution < -0.4 is 5.32 Å². The van der Waals surface area contributed by atoms with Gasteiger partial charge in [-0.15, -0.1) is 0 Å². The molecule has 0 spiro atoms. The van der Waals surface area contributed by atoms with Crippen molar-refractivity contribution < 1.29 is 0 Å². The van der Waals surface area contributed by atoms with Crippen LogP contribution >= 0.6 is 0 Å². The molecule has 0 fully saturated rings. The molecule has 1 aliphatic heterocycles. The quantitative estimate of drug-likeness (QED) is 0.707. The summed E-state index contributed by atoms with van der Waals surface area (Å²) in [5, 5.41) is 3.41. The van der Waals surface area contributed by atoms with Gasteiger partial charge in [0.05, 0.1) is 0 Å². The fraction of sp³-hybridized carbons (Fsp3) is 0.385. The van der Waals surface area contributed by atoms with Crippen LogP contribution in [0.15, 0.2) is 23.8 Å². The van der Waals surface area contributed by atoms with Gasteiger partial charge in [-0.05, 0) is 36.1 Å². The first-order chi connectivity index (χ1) is 6.66. The molecule has 1 heterocycles. The van der Waals surface area contributed by atoms with E-state index in [1.54, 1.807) is 0 Å². The zero-order chi connectivity index (χ0) is 10.1. The van der Waals surface area contributed by atoms with E-state index in [4.69, 9.17) is 0 Å². The van der Waals surface area contributed by atoms with E-state index >= 15 is 0 Å². The molecule has 0 aliphatic carbocycles. The maximum Gasteiger partial charge on any atom is 0.0416 e. The first-order valence-corrected chi connectivity index (χ1v) is 5.22. The van der Waals surface area contributed by atoms with E-state index in [0.717, 1.165) is 6.54 Å². The first kappa shape index (κ1) is 9.32. The SMILES string of the molecule is CC1=Cc2cc(C(C)C)ccc2NC1. The van der Waals surface area contributed by atoms with Crippen LogP contribution in [-0.2, 0) is 0 Å². The number of anilines is 1. The van der Waals surface area contributed by atoms with Crippen molar-refractivity contribution in [3.05, 3.63) is 34.9 Å². The minimum Gasteiger partial charge on any atom is -0.381 e. The Labute approximate surface area is 85.8 Å². The summed E-state index contributed by atoms with van der Waals surface area (Å²) in [7, 11) is 0. The van der Waals surface area contributed by atoms with Crippen LogP contribution in [0.3, 0.4) is 0 Å². The molecule has 1 aromatic carbocycles. The summed E-state index contributed by atoms with van der Waals surface area (Å²) in [5.74, 6) is 0.607. The predicted molar refractivity (Wildman–Crippen MR) is 62.7 cm³/mol. The molecule has 0 unspecified atom stereocenters. The van der Waals surface area contributed by atoms with Gasteiger partial charge in [0.25, 0.3) is 0 Å². The Kier molecular flexibility index (Phi) is 2.32. The van der Waals surface area contributed by atoms with E-state index in [1.807, 2.05) is 0 Å². The lowest BCUT2D eigenvalue weighted by atomic mass is 9.97. The molecule has 1 aliphatic rings. The Bertz CT molecular complexity index is 375. The molecule has 14 heavy (non-hydrogen) atoms. The lowest BCUT2D eigenvalue weighted by Gasteiger charge is -2.18. The maximum absolute atomic E-state index is 3.41. The third-order valence-corrected chi connectivity index (χ3v) is 2.70. The number of hydrogen-bond acceptors (Lipinski definition) is 1. The second-order valence-electron chi connectivity index (χ2n) is 4.35. The number of nitrogens with one attached hydrogen (secondary N) is 1. The molecule has 1 N–H and O–H groups in total. The average Bonchev–Trinajstić information content (AvgIpc) is 2.16. The molecule has 1 aromatic rings. The zero-order valence-corrected chi connectivity index (χ0v) is 9.09. The van der Waals surface area contributed by atoms with Gasteiger partial charge in [-0.1, -0.05) is 31.6 Å². The van der Waals surface area contributed by atoms with Gasteiger partial charge in [0.15, 0.2) is 0 Å². The van der Waals surface area contributed by atoms with Crippen molar-refractivity contribution in [1.29, 1.82) is 0 Å². The summed E-state index contributed by atoms with van der Waals surface area (Å²) < 4.78 is 0. The summed E-state index contributed by atoms with van der Waals surface area (Å²) in [5.41, 5.74) is 5.41. The zero-order valence-electron chi connectivity index (χ0n) is 9.09. The highest BCUT2D eigenvalue weighted by Gasteiger charge is 2.08. The van der Waals surface area contributed by atoms with E-state index in [1.165, 1.54) is 22.4 Å². The molecule has 0 aromatic heterocycles. The van der Waals surface area contributed by atoms with Crippen LogP contribution in [0.4, 0.5) is 5.69 Å². The number of benzene rings is 1. The highest BCUT2D eigenvalue weighted by atomic mass is 14.9. The van der Waals surface area contributed by atoms with Gasteiger partial charge in [-0.3, -0.25) is 0 Å². The summed E-state index contributed by atoms with van der Waals surface area (Å²) in [6, 6.07) is 6.69. The molecule has 2 rings (SSSR count). The molecule has 0 radical (unpaired) electrons. The van der Waals surface area contributed by atoms with Crippen molar-refractivity contribution in [3.8, 4) is 0 Å². The third kappa shape index (κ3) is 1.67. The fourth-order valence-corrected chi connectivity index (χ4v) is 1.77. The van der Waals surface area contributed by atoms with E-state index in [2.05, 4.69) is 50.4 Å². The standard InChI is InChI=1S/C13H17N/c1-9(2)11-4-5-13-12(7-11)6-10(3)8-14-13/h4-7,9,14H,8H2,1-3H3. The molecule has 0 bridgehead atoms. The van der Waals surface area contributed by atoms with Crippen LogP contribution in [-0.4, -0.2) is 6.54 Å². The Hall–Kier alpha value is -1.24. The maximum atomic E-state index is 3.41. The van der Waals surface area contributed by atoms with Gasteiger partial charge in [0, 0.05) is 12.2 Å². The summed E-state index contributed by atoms with van der Waals surface area (Å²) in [4.78, 5) is 0.